The van der Waals surface area contributed by atoms with Crippen molar-refractivity contribution in [3.8, 4) is 5.88 Å². The molecule has 1 aromatic heterocycles. The zero-order chi connectivity index (χ0) is 15.5. The van der Waals surface area contributed by atoms with Gasteiger partial charge in [-0.05, 0) is 18.6 Å². The Labute approximate surface area is 125 Å². The summed E-state index contributed by atoms with van der Waals surface area (Å²) in [4.78, 5) is 14.0. The van der Waals surface area contributed by atoms with Crippen molar-refractivity contribution in [2.75, 3.05) is 0 Å². The van der Waals surface area contributed by atoms with Crippen molar-refractivity contribution in [2.24, 2.45) is 0 Å². The van der Waals surface area contributed by atoms with Crippen molar-refractivity contribution < 1.29 is 15.0 Å². The molecule has 21 heavy (non-hydrogen) atoms. The molecule has 0 bridgehead atoms. The topological polar surface area (TPSA) is 70.4 Å². The molecule has 0 fully saturated rings. The molecule has 0 amide bonds. The van der Waals surface area contributed by atoms with Gasteiger partial charge in [0.15, 0.2) is 0 Å². The molecule has 0 aliphatic rings. The second kappa shape index (κ2) is 9.75. The van der Waals surface area contributed by atoms with Gasteiger partial charge in [-0.3, -0.25) is 4.79 Å². The Hall–Kier alpha value is -2.10. The molecular weight excluding hydrogens is 266 g/mol. The van der Waals surface area contributed by atoms with Crippen LogP contribution in [0.2, 0.25) is 0 Å². The molecule has 4 nitrogen and oxygen atoms in total. The van der Waals surface area contributed by atoms with Crippen LogP contribution in [0.15, 0.2) is 36.4 Å². The number of hydrogen-bond donors (Lipinski definition) is 2. The first-order valence-electron chi connectivity index (χ1n) is 7.40. The number of pyridine rings is 1. The van der Waals surface area contributed by atoms with Crippen LogP contribution in [0.25, 0.3) is 10.9 Å². The number of hydrogen-bond acceptors (Lipinski definition) is 3. The van der Waals surface area contributed by atoms with Gasteiger partial charge in [0.1, 0.15) is 0 Å². The quantitative estimate of drug-likeness (QED) is 0.774. The molecular formula is C17H23NO3. The number of unbranched alkanes of at least 4 members (excludes halogenated alkanes) is 4. The lowest BCUT2D eigenvalue weighted by molar-refractivity contribution is -0.137. The summed E-state index contributed by atoms with van der Waals surface area (Å²) in [5.74, 6) is -0.597. The van der Waals surface area contributed by atoms with Crippen LogP contribution in [0.4, 0.5) is 0 Å². The highest BCUT2D eigenvalue weighted by Gasteiger charge is 1.95. The molecule has 2 aromatic rings. The van der Waals surface area contributed by atoms with E-state index in [0.717, 1.165) is 23.7 Å². The van der Waals surface area contributed by atoms with Crippen molar-refractivity contribution in [1.29, 1.82) is 0 Å². The Balaban J connectivity index is 0.000000212. The Kier molecular flexibility index (Phi) is 7.87. The van der Waals surface area contributed by atoms with E-state index in [-0.39, 0.29) is 5.88 Å². The molecule has 0 saturated heterocycles. The van der Waals surface area contributed by atoms with E-state index in [1.807, 2.05) is 30.3 Å². The maximum absolute atomic E-state index is 10.0. The van der Waals surface area contributed by atoms with Gasteiger partial charge in [0.05, 0.1) is 5.52 Å². The van der Waals surface area contributed by atoms with Crippen molar-refractivity contribution >= 4 is 16.9 Å². The average Bonchev–Trinajstić information content (AvgIpc) is 2.47. The minimum atomic E-state index is -0.670. The van der Waals surface area contributed by atoms with Gasteiger partial charge in [-0.2, -0.15) is 0 Å². The van der Waals surface area contributed by atoms with E-state index < -0.39 is 5.97 Å². The van der Waals surface area contributed by atoms with E-state index in [4.69, 9.17) is 10.2 Å². The van der Waals surface area contributed by atoms with Crippen LogP contribution in [-0.2, 0) is 4.79 Å². The molecule has 0 atom stereocenters. The fraction of sp³-hybridized carbons (Fsp3) is 0.412. The molecule has 4 heteroatoms. The first-order chi connectivity index (χ1) is 10.1. The van der Waals surface area contributed by atoms with Crippen molar-refractivity contribution in [2.45, 2.75) is 45.4 Å². The average molecular weight is 289 g/mol. The summed E-state index contributed by atoms with van der Waals surface area (Å²) in [6, 6.07) is 11.1. The Morgan fingerprint density at radius 2 is 1.76 bits per heavy atom. The standard InChI is InChI=1S/C9H7NO.C8H16O2/c11-9-6-5-7-3-1-2-4-8(7)10-9;1-2-3-4-5-6-7-8(9)10/h1-6H,(H,10,11);2-7H2,1H3,(H,9,10). The third-order valence-corrected chi connectivity index (χ3v) is 3.08. The van der Waals surface area contributed by atoms with Gasteiger partial charge in [0.2, 0.25) is 5.88 Å². The monoisotopic (exact) mass is 289 g/mol. The van der Waals surface area contributed by atoms with E-state index in [0.29, 0.717) is 6.42 Å². The fourth-order valence-corrected chi connectivity index (χ4v) is 1.94. The summed E-state index contributed by atoms with van der Waals surface area (Å²) in [5.41, 5.74) is 0.826. The fourth-order valence-electron chi connectivity index (χ4n) is 1.94. The number of aromatic nitrogens is 1. The normalized spacial score (nSPS) is 9.95. The van der Waals surface area contributed by atoms with E-state index in [1.54, 1.807) is 6.07 Å². The molecule has 2 rings (SSSR count). The van der Waals surface area contributed by atoms with Gasteiger partial charge in [0, 0.05) is 17.9 Å². The third kappa shape index (κ3) is 7.30. The summed E-state index contributed by atoms with van der Waals surface area (Å²) >= 11 is 0. The molecule has 0 radical (unpaired) electrons. The predicted molar refractivity (Wildman–Crippen MR) is 84.4 cm³/mol. The van der Waals surface area contributed by atoms with Crippen LogP contribution in [0.5, 0.6) is 5.88 Å². The minimum Gasteiger partial charge on any atom is -0.493 e. The van der Waals surface area contributed by atoms with E-state index in [9.17, 15) is 4.79 Å². The van der Waals surface area contributed by atoms with Crippen LogP contribution in [0, 0.1) is 0 Å². The minimum absolute atomic E-state index is 0.0729. The Bertz CT molecular complexity index is 554. The van der Waals surface area contributed by atoms with Gasteiger partial charge in [-0.1, -0.05) is 50.8 Å². The molecule has 114 valence electrons. The molecule has 2 N–H and O–H groups in total. The summed E-state index contributed by atoms with van der Waals surface area (Å²) < 4.78 is 0. The zero-order valence-electron chi connectivity index (χ0n) is 12.5. The number of carbonyl (C=O) groups is 1. The molecule has 0 spiro atoms. The molecule has 0 unspecified atom stereocenters. The first-order valence-corrected chi connectivity index (χ1v) is 7.40. The van der Waals surface area contributed by atoms with Gasteiger partial charge >= 0.3 is 5.97 Å². The summed E-state index contributed by atoms with van der Waals surface area (Å²) in [7, 11) is 0. The van der Waals surface area contributed by atoms with Gasteiger partial charge in [0.25, 0.3) is 0 Å². The lowest BCUT2D eigenvalue weighted by atomic mass is 10.1. The van der Waals surface area contributed by atoms with Gasteiger partial charge in [-0.25, -0.2) is 4.98 Å². The molecule has 0 aliphatic heterocycles. The van der Waals surface area contributed by atoms with E-state index in [1.165, 1.54) is 19.3 Å². The Morgan fingerprint density at radius 1 is 1.05 bits per heavy atom. The number of fused-ring (bicyclic) bond motifs is 1. The summed E-state index contributed by atoms with van der Waals surface area (Å²) in [6.07, 6.45) is 5.88. The number of aliphatic carboxylic acids is 1. The Morgan fingerprint density at radius 3 is 2.48 bits per heavy atom. The highest BCUT2D eigenvalue weighted by Crippen LogP contribution is 2.14. The smallest absolute Gasteiger partial charge is 0.303 e. The number of carboxylic acid groups (broad SMARTS) is 1. The number of para-hydroxylation sites is 1. The van der Waals surface area contributed by atoms with Crippen LogP contribution >= 0.6 is 0 Å². The van der Waals surface area contributed by atoms with Crippen LogP contribution in [-0.4, -0.2) is 21.2 Å². The molecule has 0 aliphatic carbocycles. The molecule has 1 heterocycles. The second-order valence-electron chi connectivity index (χ2n) is 4.92. The largest absolute Gasteiger partial charge is 0.493 e. The number of carboxylic acids is 1. The van der Waals surface area contributed by atoms with Crippen LogP contribution in [0.3, 0.4) is 0 Å². The van der Waals surface area contributed by atoms with Gasteiger partial charge < -0.3 is 10.2 Å². The van der Waals surface area contributed by atoms with E-state index in [2.05, 4.69) is 11.9 Å². The summed E-state index contributed by atoms with van der Waals surface area (Å²) in [5, 5.41) is 18.3. The summed E-state index contributed by atoms with van der Waals surface area (Å²) in [6.45, 7) is 2.15. The highest BCUT2D eigenvalue weighted by molar-refractivity contribution is 5.78. The number of benzene rings is 1. The predicted octanol–water partition coefficient (Wildman–Crippen LogP) is 4.37. The number of aromatic hydroxyl groups is 1. The number of nitrogens with zero attached hydrogens (tertiary/aromatic N) is 1. The second-order valence-corrected chi connectivity index (χ2v) is 4.92. The van der Waals surface area contributed by atoms with Crippen molar-refractivity contribution in [3.05, 3.63) is 36.4 Å². The zero-order valence-corrected chi connectivity index (χ0v) is 12.5. The first kappa shape index (κ1) is 17.0. The molecule has 1 aromatic carbocycles. The molecule has 0 saturated carbocycles. The highest BCUT2D eigenvalue weighted by atomic mass is 16.4. The van der Waals surface area contributed by atoms with Crippen LogP contribution < -0.4 is 0 Å². The van der Waals surface area contributed by atoms with E-state index >= 15 is 0 Å². The maximum Gasteiger partial charge on any atom is 0.303 e. The van der Waals surface area contributed by atoms with Crippen molar-refractivity contribution in [3.63, 3.8) is 0 Å². The maximum atomic E-state index is 10.0. The lowest BCUT2D eigenvalue weighted by Crippen LogP contribution is -1.93. The van der Waals surface area contributed by atoms with Gasteiger partial charge in [-0.15, -0.1) is 0 Å². The third-order valence-electron chi connectivity index (χ3n) is 3.08. The lowest BCUT2D eigenvalue weighted by Gasteiger charge is -1.95. The van der Waals surface area contributed by atoms with Crippen molar-refractivity contribution in [1.82, 2.24) is 4.98 Å². The van der Waals surface area contributed by atoms with Crippen LogP contribution in [0.1, 0.15) is 45.4 Å². The SMILES string of the molecule is CCCCCCCC(=O)O.Oc1ccc2ccccc2n1. The number of rotatable bonds is 6.